The Kier molecular flexibility index (Phi) is 6.95. The van der Waals surface area contributed by atoms with Crippen LogP contribution in [0.15, 0.2) is 12.3 Å². The van der Waals surface area contributed by atoms with E-state index < -0.39 is 18.4 Å². The van der Waals surface area contributed by atoms with Crippen molar-refractivity contribution in [3.63, 3.8) is 0 Å². The summed E-state index contributed by atoms with van der Waals surface area (Å²) < 4.78 is 28.6. The maximum absolute atomic E-state index is 14.3. The molecule has 2 aromatic heterocycles. The lowest BCUT2D eigenvalue weighted by Crippen LogP contribution is -2.36. The van der Waals surface area contributed by atoms with Crippen LogP contribution < -0.4 is 10.6 Å². The van der Waals surface area contributed by atoms with Gasteiger partial charge in [0.1, 0.15) is 11.5 Å². The molecular formula is C26H33F2N5O3S. The maximum atomic E-state index is 14.3. The van der Waals surface area contributed by atoms with E-state index in [0.29, 0.717) is 25.1 Å². The molecule has 2 aromatic rings. The van der Waals surface area contributed by atoms with Gasteiger partial charge in [0, 0.05) is 41.0 Å². The van der Waals surface area contributed by atoms with Crippen molar-refractivity contribution in [2.75, 3.05) is 5.32 Å². The summed E-state index contributed by atoms with van der Waals surface area (Å²) in [5.41, 5.74) is -0.513. The number of aliphatic hydroxyl groups is 1. The van der Waals surface area contributed by atoms with Gasteiger partial charge in [-0.25, -0.2) is 18.7 Å². The summed E-state index contributed by atoms with van der Waals surface area (Å²) in [7, 11) is 0. The Morgan fingerprint density at radius 1 is 1.14 bits per heavy atom. The number of nitrogens with one attached hydrogen (secondary N) is 2. The number of carbonyl (C=O) groups is 2. The number of hydrogen-bond donors (Lipinski definition) is 3. The summed E-state index contributed by atoms with van der Waals surface area (Å²) in [5.74, 6) is -0.477. The molecule has 5 rings (SSSR count). The van der Waals surface area contributed by atoms with Crippen molar-refractivity contribution < 1.29 is 23.5 Å². The first kappa shape index (κ1) is 26.0. The Labute approximate surface area is 218 Å². The van der Waals surface area contributed by atoms with Gasteiger partial charge in [0.25, 0.3) is 18.2 Å². The van der Waals surface area contributed by atoms with Crippen molar-refractivity contribution in [1.82, 2.24) is 20.2 Å². The van der Waals surface area contributed by atoms with Gasteiger partial charge in [-0.1, -0.05) is 0 Å². The van der Waals surface area contributed by atoms with E-state index in [2.05, 4.69) is 20.6 Å². The molecule has 0 spiro atoms. The van der Waals surface area contributed by atoms with Crippen LogP contribution in [0.3, 0.4) is 0 Å². The second kappa shape index (κ2) is 9.90. The molecule has 37 heavy (non-hydrogen) atoms. The molecule has 1 aliphatic carbocycles. The zero-order chi connectivity index (χ0) is 26.5. The number of carbonyl (C=O) groups excluding carboxylic acids is 2. The zero-order valence-electron chi connectivity index (χ0n) is 21.3. The van der Waals surface area contributed by atoms with E-state index in [1.54, 1.807) is 0 Å². The van der Waals surface area contributed by atoms with E-state index in [9.17, 15) is 23.5 Å². The van der Waals surface area contributed by atoms with Gasteiger partial charge in [-0.3, -0.25) is 9.59 Å². The Hall–Kier alpha value is -2.66. The summed E-state index contributed by atoms with van der Waals surface area (Å²) in [6.45, 7) is 5.72. The topological polar surface area (TPSA) is 107 Å². The number of fused-ring (bicyclic) bond motifs is 2. The number of alkyl halides is 2. The Morgan fingerprint density at radius 2 is 1.81 bits per heavy atom. The van der Waals surface area contributed by atoms with Gasteiger partial charge in [-0.15, -0.1) is 11.3 Å². The molecule has 2 saturated heterocycles. The summed E-state index contributed by atoms with van der Waals surface area (Å²) in [6, 6.07) is 1.36. The van der Waals surface area contributed by atoms with Crippen molar-refractivity contribution in [2.45, 2.75) is 102 Å². The van der Waals surface area contributed by atoms with Gasteiger partial charge in [0.05, 0.1) is 11.0 Å². The summed E-state index contributed by atoms with van der Waals surface area (Å²) in [6.07, 6.45) is 3.46. The standard InChI is InChI=1S/C26H33F2N5O3S/c1-26(2,3)32-19-11-17(22(27)28)18(12-29-19)21-20(25(36)33-14-5-6-15(33)8-7-14)31-24(37-21)23(35)30-13-4-9-16(34)10-13/h11-16,22,34H,4-10H2,1-3H3,(H,29,32)(H,30,35)/t13-,14?,15?,16-/m0/s1. The SMILES string of the molecule is CC(C)(C)Nc1cc(C(F)F)c(-c2sc(C(=O)N[C@H]3CC[C@H](O)C3)nc2C(=O)N2C3CCC2CC3)cn1. The highest BCUT2D eigenvalue weighted by Crippen LogP contribution is 2.42. The molecule has 2 bridgehead atoms. The van der Waals surface area contributed by atoms with E-state index in [1.807, 2.05) is 25.7 Å². The van der Waals surface area contributed by atoms with E-state index in [4.69, 9.17) is 0 Å². The number of anilines is 1. The van der Waals surface area contributed by atoms with Gasteiger partial charge >= 0.3 is 0 Å². The summed E-state index contributed by atoms with van der Waals surface area (Å²) in [4.78, 5) is 37.7. The highest BCUT2D eigenvalue weighted by molar-refractivity contribution is 7.17. The van der Waals surface area contributed by atoms with Crippen molar-refractivity contribution >= 4 is 29.0 Å². The number of halogens is 2. The molecule has 2 amide bonds. The fourth-order valence-electron chi connectivity index (χ4n) is 5.74. The lowest BCUT2D eigenvalue weighted by Gasteiger charge is -2.23. The normalized spacial score (nSPS) is 25.2. The molecular weight excluding hydrogens is 500 g/mol. The minimum absolute atomic E-state index is 0.0284. The van der Waals surface area contributed by atoms with Crippen molar-refractivity contribution in [3.05, 3.63) is 28.5 Å². The number of nitrogens with zero attached hydrogens (tertiary/aromatic N) is 3. The number of rotatable bonds is 6. The lowest BCUT2D eigenvalue weighted by atomic mass is 10.0. The number of thiazole rings is 1. The molecule has 0 radical (unpaired) electrons. The first-order chi connectivity index (χ1) is 17.5. The molecule has 3 aliphatic rings. The van der Waals surface area contributed by atoms with E-state index in [-0.39, 0.29) is 56.3 Å². The van der Waals surface area contributed by atoms with Crippen LogP contribution in [0.2, 0.25) is 0 Å². The predicted octanol–water partition coefficient (Wildman–Crippen LogP) is 4.76. The predicted molar refractivity (Wildman–Crippen MR) is 137 cm³/mol. The van der Waals surface area contributed by atoms with E-state index >= 15 is 0 Å². The number of pyridine rings is 1. The van der Waals surface area contributed by atoms with Gasteiger partial charge < -0.3 is 20.6 Å². The lowest BCUT2D eigenvalue weighted by molar-refractivity contribution is 0.0725. The Balaban J connectivity index is 1.54. The molecule has 2 atom stereocenters. The van der Waals surface area contributed by atoms with Crippen LogP contribution >= 0.6 is 11.3 Å². The molecule has 11 heteroatoms. The van der Waals surface area contributed by atoms with Crippen molar-refractivity contribution in [3.8, 4) is 10.4 Å². The summed E-state index contributed by atoms with van der Waals surface area (Å²) in [5, 5.41) is 15.8. The quantitative estimate of drug-likeness (QED) is 0.494. The van der Waals surface area contributed by atoms with E-state index in [0.717, 1.165) is 37.0 Å². The first-order valence-electron chi connectivity index (χ1n) is 12.9. The van der Waals surface area contributed by atoms with E-state index in [1.165, 1.54) is 12.3 Å². The molecule has 200 valence electrons. The molecule has 3 N–H and O–H groups in total. The molecule has 3 fully saturated rings. The maximum Gasteiger partial charge on any atom is 0.280 e. The average molecular weight is 534 g/mol. The van der Waals surface area contributed by atoms with Crippen LogP contribution in [-0.4, -0.2) is 61.6 Å². The Bertz CT molecular complexity index is 1180. The van der Waals surface area contributed by atoms with Gasteiger partial charge in [-0.05, 0) is 71.8 Å². The monoisotopic (exact) mass is 533 g/mol. The molecule has 0 unspecified atom stereocenters. The van der Waals surface area contributed by atoms with Gasteiger partial charge in [0.15, 0.2) is 5.01 Å². The van der Waals surface area contributed by atoms with Crippen LogP contribution in [0.4, 0.5) is 14.6 Å². The number of hydrogen-bond acceptors (Lipinski definition) is 7. The first-order valence-corrected chi connectivity index (χ1v) is 13.7. The number of amides is 2. The average Bonchev–Trinajstić information content (AvgIpc) is 3.61. The minimum Gasteiger partial charge on any atom is -0.393 e. The third-order valence-electron chi connectivity index (χ3n) is 7.37. The van der Waals surface area contributed by atoms with Gasteiger partial charge in [-0.2, -0.15) is 0 Å². The van der Waals surface area contributed by atoms with Crippen LogP contribution in [-0.2, 0) is 0 Å². The van der Waals surface area contributed by atoms with Crippen LogP contribution in [0.5, 0.6) is 0 Å². The van der Waals surface area contributed by atoms with Crippen LogP contribution in [0.25, 0.3) is 10.4 Å². The Morgan fingerprint density at radius 3 is 2.38 bits per heavy atom. The second-order valence-electron chi connectivity index (χ2n) is 11.3. The minimum atomic E-state index is -2.82. The fourth-order valence-corrected chi connectivity index (χ4v) is 6.73. The highest BCUT2D eigenvalue weighted by atomic mass is 32.1. The molecule has 2 aliphatic heterocycles. The second-order valence-corrected chi connectivity index (χ2v) is 12.3. The number of aromatic nitrogens is 2. The molecule has 1 saturated carbocycles. The molecule has 8 nitrogen and oxygen atoms in total. The van der Waals surface area contributed by atoms with Gasteiger partial charge in [0.2, 0.25) is 0 Å². The summed E-state index contributed by atoms with van der Waals surface area (Å²) >= 11 is 0.939. The van der Waals surface area contributed by atoms with Crippen molar-refractivity contribution in [1.29, 1.82) is 0 Å². The third kappa shape index (κ3) is 5.34. The fraction of sp³-hybridized carbons (Fsp3) is 0.615. The molecule has 0 aromatic carbocycles. The molecule has 4 heterocycles. The number of aliphatic hydroxyl groups excluding tert-OH is 1. The van der Waals surface area contributed by atoms with Crippen LogP contribution in [0, 0.1) is 0 Å². The third-order valence-corrected chi connectivity index (χ3v) is 8.46. The highest BCUT2D eigenvalue weighted by Gasteiger charge is 2.44. The largest absolute Gasteiger partial charge is 0.393 e. The smallest absolute Gasteiger partial charge is 0.280 e. The zero-order valence-corrected chi connectivity index (χ0v) is 22.1. The van der Waals surface area contributed by atoms with Crippen LogP contribution in [0.1, 0.15) is 98.0 Å². The van der Waals surface area contributed by atoms with Crippen molar-refractivity contribution in [2.24, 2.45) is 0 Å².